The molecule has 0 atom stereocenters. The summed E-state index contributed by atoms with van der Waals surface area (Å²) in [5.74, 6) is 0.615. The molecular weight excluding hydrogens is 300 g/mol. The maximum absolute atomic E-state index is 11.7. The van der Waals surface area contributed by atoms with Crippen LogP contribution < -0.4 is 5.32 Å². The van der Waals surface area contributed by atoms with Crippen molar-refractivity contribution in [1.82, 2.24) is 15.1 Å². The molecule has 1 saturated heterocycles. The molecule has 0 aromatic carbocycles. The summed E-state index contributed by atoms with van der Waals surface area (Å²) in [5.41, 5.74) is 0. The number of amides is 1. The number of nitrogens with zero attached hydrogens (tertiary/aromatic N) is 3. The SMILES string of the molecule is CCOC(=O)CCCNC(=NC)N1CCN(C(=O)OCC)CC1. The second-order valence-electron chi connectivity index (χ2n) is 5.06. The van der Waals surface area contributed by atoms with E-state index in [1.807, 2.05) is 0 Å². The molecule has 8 heteroatoms. The lowest BCUT2D eigenvalue weighted by atomic mass is 10.3. The molecule has 0 spiro atoms. The predicted molar refractivity (Wildman–Crippen MR) is 87.4 cm³/mol. The number of nitrogens with one attached hydrogen (secondary N) is 1. The van der Waals surface area contributed by atoms with Crippen LogP contribution in [-0.4, -0.2) is 80.8 Å². The maximum atomic E-state index is 11.7. The zero-order valence-electron chi connectivity index (χ0n) is 14.3. The highest BCUT2D eigenvalue weighted by Crippen LogP contribution is 2.04. The average Bonchev–Trinajstić information content (AvgIpc) is 2.56. The van der Waals surface area contributed by atoms with Gasteiger partial charge in [0.2, 0.25) is 0 Å². The zero-order chi connectivity index (χ0) is 17.1. The molecule has 0 aromatic rings. The second-order valence-corrected chi connectivity index (χ2v) is 5.06. The van der Waals surface area contributed by atoms with E-state index >= 15 is 0 Å². The third-order valence-corrected chi connectivity index (χ3v) is 3.46. The molecule has 0 aliphatic carbocycles. The number of carbonyl (C=O) groups is 2. The molecule has 0 radical (unpaired) electrons. The fraction of sp³-hybridized carbons (Fsp3) is 0.800. The Morgan fingerprint density at radius 1 is 1.04 bits per heavy atom. The first-order chi connectivity index (χ1) is 11.1. The van der Waals surface area contributed by atoms with Crippen LogP contribution in [0.2, 0.25) is 0 Å². The molecule has 1 rings (SSSR count). The molecule has 1 fully saturated rings. The van der Waals surface area contributed by atoms with Gasteiger partial charge in [-0.1, -0.05) is 0 Å². The van der Waals surface area contributed by atoms with Gasteiger partial charge in [0.25, 0.3) is 0 Å². The van der Waals surface area contributed by atoms with E-state index < -0.39 is 0 Å². The molecule has 132 valence electrons. The quantitative estimate of drug-likeness (QED) is 0.334. The first kappa shape index (κ1) is 19.1. The predicted octanol–water partition coefficient (Wildman–Crippen LogP) is 0.679. The molecule has 8 nitrogen and oxygen atoms in total. The van der Waals surface area contributed by atoms with E-state index in [2.05, 4.69) is 15.2 Å². The number of aliphatic imine (C=N–C) groups is 1. The van der Waals surface area contributed by atoms with Crippen molar-refractivity contribution >= 4 is 18.0 Å². The topological polar surface area (TPSA) is 83.5 Å². The van der Waals surface area contributed by atoms with E-state index in [0.29, 0.717) is 58.8 Å². The second kappa shape index (κ2) is 10.7. The van der Waals surface area contributed by atoms with Gasteiger partial charge in [-0.15, -0.1) is 0 Å². The van der Waals surface area contributed by atoms with Crippen LogP contribution in [0.5, 0.6) is 0 Å². The fourth-order valence-corrected chi connectivity index (χ4v) is 2.31. The van der Waals surface area contributed by atoms with E-state index in [4.69, 9.17) is 9.47 Å². The van der Waals surface area contributed by atoms with Crippen molar-refractivity contribution in [2.75, 3.05) is 53.0 Å². The van der Waals surface area contributed by atoms with Crippen LogP contribution in [0.4, 0.5) is 4.79 Å². The van der Waals surface area contributed by atoms with Crippen molar-refractivity contribution < 1.29 is 19.1 Å². The van der Waals surface area contributed by atoms with E-state index in [9.17, 15) is 9.59 Å². The summed E-state index contributed by atoms with van der Waals surface area (Å²) >= 11 is 0. The summed E-state index contributed by atoms with van der Waals surface area (Å²) in [5, 5.41) is 3.24. The van der Waals surface area contributed by atoms with Gasteiger partial charge in [-0.3, -0.25) is 9.79 Å². The zero-order valence-corrected chi connectivity index (χ0v) is 14.3. The number of esters is 1. The number of ether oxygens (including phenoxy) is 2. The number of piperazine rings is 1. The Bertz CT molecular complexity index is 406. The standard InChI is InChI=1S/C15H28N4O4/c1-4-22-13(20)7-6-8-17-14(16-3)18-9-11-19(12-10-18)15(21)23-5-2/h4-12H2,1-3H3,(H,16,17). The van der Waals surface area contributed by atoms with Crippen LogP contribution in [0.25, 0.3) is 0 Å². The Hall–Kier alpha value is -1.99. The Balaban J connectivity index is 2.29. The van der Waals surface area contributed by atoms with Crippen LogP contribution in [0.15, 0.2) is 4.99 Å². The molecule has 0 bridgehead atoms. The number of hydrogen-bond donors (Lipinski definition) is 1. The Labute approximate surface area is 137 Å². The molecule has 1 heterocycles. The maximum Gasteiger partial charge on any atom is 0.409 e. The Morgan fingerprint density at radius 2 is 1.65 bits per heavy atom. The minimum atomic E-state index is -0.260. The van der Waals surface area contributed by atoms with Gasteiger partial charge in [-0.05, 0) is 20.3 Å². The molecule has 0 unspecified atom stereocenters. The summed E-state index contributed by atoms with van der Waals surface area (Å²) in [7, 11) is 1.73. The van der Waals surface area contributed by atoms with Gasteiger partial charge in [0, 0.05) is 46.2 Å². The molecule has 23 heavy (non-hydrogen) atoms. The van der Waals surface area contributed by atoms with Crippen LogP contribution in [-0.2, 0) is 14.3 Å². The van der Waals surface area contributed by atoms with Crippen molar-refractivity contribution in [2.24, 2.45) is 4.99 Å². The van der Waals surface area contributed by atoms with Crippen LogP contribution in [0.1, 0.15) is 26.7 Å². The number of carbonyl (C=O) groups excluding carboxylic acids is 2. The largest absolute Gasteiger partial charge is 0.466 e. The van der Waals surface area contributed by atoms with Crippen molar-refractivity contribution in [2.45, 2.75) is 26.7 Å². The highest BCUT2D eigenvalue weighted by Gasteiger charge is 2.23. The average molecular weight is 328 g/mol. The van der Waals surface area contributed by atoms with Gasteiger partial charge in [-0.2, -0.15) is 0 Å². The lowest BCUT2D eigenvalue weighted by molar-refractivity contribution is -0.143. The van der Waals surface area contributed by atoms with Crippen LogP contribution in [0, 0.1) is 0 Å². The summed E-state index contributed by atoms with van der Waals surface area (Å²) in [4.78, 5) is 31.0. The van der Waals surface area contributed by atoms with Crippen LogP contribution in [0.3, 0.4) is 0 Å². The molecule has 0 aromatic heterocycles. The van der Waals surface area contributed by atoms with Gasteiger partial charge >= 0.3 is 12.1 Å². The summed E-state index contributed by atoms with van der Waals surface area (Å²) < 4.78 is 9.89. The fourth-order valence-electron chi connectivity index (χ4n) is 2.31. The van der Waals surface area contributed by atoms with Crippen molar-refractivity contribution in [3.8, 4) is 0 Å². The normalized spacial score (nSPS) is 15.3. The van der Waals surface area contributed by atoms with Crippen molar-refractivity contribution in [3.63, 3.8) is 0 Å². The van der Waals surface area contributed by atoms with E-state index in [-0.39, 0.29) is 12.1 Å². The highest BCUT2D eigenvalue weighted by atomic mass is 16.6. The van der Waals surface area contributed by atoms with Gasteiger partial charge in [-0.25, -0.2) is 4.79 Å². The number of guanidine groups is 1. The summed E-state index contributed by atoms with van der Waals surface area (Å²) in [6.45, 7) is 7.70. The van der Waals surface area contributed by atoms with E-state index in [1.165, 1.54) is 0 Å². The van der Waals surface area contributed by atoms with E-state index in [1.54, 1.807) is 25.8 Å². The highest BCUT2D eigenvalue weighted by molar-refractivity contribution is 5.80. The monoisotopic (exact) mass is 328 g/mol. The lowest BCUT2D eigenvalue weighted by Gasteiger charge is -2.35. The molecule has 1 aliphatic rings. The van der Waals surface area contributed by atoms with Gasteiger partial charge in [0.15, 0.2) is 5.96 Å². The Morgan fingerprint density at radius 3 is 2.22 bits per heavy atom. The van der Waals surface area contributed by atoms with Crippen molar-refractivity contribution in [1.29, 1.82) is 0 Å². The van der Waals surface area contributed by atoms with Crippen molar-refractivity contribution in [3.05, 3.63) is 0 Å². The first-order valence-corrected chi connectivity index (χ1v) is 8.15. The van der Waals surface area contributed by atoms with Gasteiger partial charge in [0.05, 0.1) is 13.2 Å². The molecular formula is C15H28N4O4. The third-order valence-electron chi connectivity index (χ3n) is 3.46. The summed E-state index contributed by atoms with van der Waals surface area (Å²) in [6, 6.07) is 0. The Kier molecular flexibility index (Phi) is 8.86. The molecule has 1 aliphatic heterocycles. The van der Waals surface area contributed by atoms with Gasteiger partial charge < -0.3 is 24.6 Å². The lowest BCUT2D eigenvalue weighted by Crippen LogP contribution is -2.54. The first-order valence-electron chi connectivity index (χ1n) is 8.15. The number of hydrogen-bond acceptors (Lipinski definition) is 5. The van der Waals surface area contributed by atoms with Crippen LogP contribution >= 0.6 is 0 Å². The van der Waals surface area contributed by atoms with Gasteiger partial charge in [0.1, 0.15) is 0 Å². The molecule has 1 N–H and O–H groups in total. The van der Waals surface area contributed by atoms with E-state index in [0.717, 1.165) is 5.96 Å². The minimum Gasteiger partial charge on any atom is -0.466 e. The molecule has 1 amide bonds. The third kappa shape index (κ3) is 6.75. The summed E-state index contributed by atoms with van der Waals surface area (Å²) in [6.07, 6.45) is 0.833. The smallest absolute Gasteiger partial charge is 0.409 e. The number of rotatable bonds is 6. The molecule has 0 saturated carbocycles. The minimum absolute atomic E-state index is 0.174.